The van der Waals surface area contributed by atoms with Crippen LogP contribution >= 0.6 is 11.8 Å². The van der Waals surface area contributed by atoms with Gasteiger partial charge in [-0.25, -0.2) is 4.39 Å². The van der Waals surface area contributed by atoms with E-state index >= 15 is 0 Å². The van der Waals surface area contributed by atoms with Gasteiger partial charge in [0.1, 0.15) is 5.82 Å². The zero-order valence-corrected chi connectivity index (χ0v) is 17.0. The number of amides is 1. The summed E-state index contributed by atoms with van der Waals surface area (Å²) in [6, 6.07) is 9.59. The lowest BCUT2D eigenvalue weighted by Crippen LogP contribution is -2.28. The number of thioether (sulfide) groups is 1. The fourth-order valence-corrected chi connectivity index (χ4v) is 3.52. The standard InChI is InChI=1S/C20H22FN5O2S/c1-14(15-3-5-17(21)6-4-15)23-18(27)13-29-20-25-24-19(26(20)11-12-28-2)16-7-9-22-10-8-16/h3-10,14H,11-13H2,1-2H3,(H,23,27). The van der Waals surface area contributed by atoms with Gasteiger partial charge in [-0.2, -0.15) is 0 Å². The summed E-state index contributed by atoms with van der Waals surface area (Å²) in [7, 11) is 1.63. The molecule has 1 amide bonds. The second kappa shape index (κ2) is 10.1. The van der Waals surface area contributed by atoms with Crippen LogP contribution in [0.5, 0.6) is 0 Å². The molecule has 3 rings (SSSR count). The van der Waals surface area contributed by atoms with E-state index in [0.717, 1.165) is 11.1 Å². The van der Waals surface area contributed by atoms with E-state index in [-0.39, 0.29) is 23.5 Å². The van der Waals surface area contributed by atoms with Crippen LogP contribution in [0.1, 0.15) is 18.5 Å². The first-order chi connectivity index (χ1) is 14.1. The van der Waals surface area contributed by atoms with Gasteiger partial charge < -0.3 is 10.1 Å². The highest BCUT2D eigenvalue weighted by Gasteiger charge is 2.16. The number of aromatic nitrogens is 4. The lowest BCUT2D eigenvalue weighted by Gasteiger charge is -2.14. The summed E-state index contributed by atoms with van der Waals surface area (Å²) < 4.78 is 20.2. The number of hydrogen-bond acceptors (Lipinski definition) is 6. The van der Waals surface area contributed by atoms with Gasteiger partial charge in [-0.05, 0) is 36.8 Å². The molecule has 0 spiro atoms. The molecule has 1 unspecified atom stereocenters. The van der Waals surface area contributed by atoms with Crippen molar-refractivity contribution in [3.05, 3.63) is 60.2 Å². The van der Waals surface area contributed by atoms with Crippen molar-refractivity contribution in [1.29, 1.82) is 0 Å². The van der Waals surface area contributed by atoms with Crippen molar-refractivity contribution >= 4 is 17.7 Å². The summed E-state index contributed by atoms with van der Waals surface area (Å²) in [6.45, 7) is 2.92. The molecule has 7 nitrogen and oxygen atoms in total. The van der Waals surface area contributed by atoms with Gasteiger partial charge in [0, 0.05) is 25.1 Å². The summed E-state index contributed by atoms with van der Waals surface area (Å²) >= 11 is 1.31. The van der Waals surface area contributed by atoms with Gasteiger partial charge in [-0.15, -0.1) is 10.2 Å². The second-order valence-corrected chi connectivity index (χ2v) is 7.26. The van der Waals surface area contributed by atoms with Crippen LogP contribution in [0.15, 0.2) is 53.9 Å². The van der Waals surface area contributed by atoms with Gasteiger partial charge in [0.25, 0.3) is 0 Å². The topological polar surface area (TPSA) is 81.9 Å². The Morgan fingerprint density at radius 2 is 1.93 bits per heavy atom. The largest absolute Gasteiger partial charge is 0.383 e. The van der Waals surface area contributed by atoms with Gasteiger partial charge in [0.05, 0.1) is 24.9 Å². The minimum absolute atomic E-state index is 0.140. The van der Waals surface area contributed by atoms with E-state index in [4.69, 9.17) is 4.74 Å². The van der Waals surface area contributed by atoms with E-state index in [9.17, 15) is 9.18 Å². The summed E-state index contributed by atoms with van der Waals surface area (Å²) in [4.78, 5) is 16.4. The van der Waals surface area contributed by atoms with Crippen molar-refractivity contribution in [2.24, 2.45) is 0 Å². The van der Waals surface area contributed by atoms with E-state index in [1.54, 1.807) is 31.6 Å². The molecule has 1 aromatic carbocycles. The first-order valence-corrected chi connectivity index (χ1v) is 10.1. The third-order valence-electron chi connectivity index (χ3n) is 4.25. The van der Waals surface area contributed by atoms with Gasteiger partial charge in [-0.1, -0.05) is 23.9 Å². The molecule has 0 radical (unpaired) electrons. The Labute approximate surface area is 172 Å². The summed E-state index contributed by atoms with van der Waals surface area (Å²) in [5.41, 5.74) is 1.73. The number of hydrogen-bond donors (Lipinski definition) is 1. The minimum Gasteiger partial charge on any atom is -0.383 e. The maximum absolute atomic E-state index is 13.1. The minimum atomic E-state index is -0.303. The highest BCUT2D eigenvalue weighted by atomic mass is 32.2. The molecule has 9 heteroatoms. The van der Waals surface area contributed by atoms with E-state index in [1.165, 1.54) is 23.9 Å². The zero-order chi connectivity index (χ0) is 20.6. The molecule has 29 heavy (non-hydrogen) atoms. The van der Waals surface area contributed by atoms with Crippen molar-refractivity contribution < 1.29 is 13.9 Å². The number of nitrogens with zero attached hydrogens (tertiary/aromatic N) is 4. The average molecular weight is 415 g/mol. The number of methoxy groups -OCH3 is 1. The van der Waals surface area contributed by atoms with Crippen LogP contribution in [0.25, 0.3) is 11.4 Å². The molecular formula is C20H22FN5O2S. The van der Waals surface area contributed by atoms with Gasteiger partial charge in [-0.3, -0.25) is 14.3 Å². The van der Waals surface area contributed by atoms with Crippen molar-refractivity contribution in [3.63, 3.8) is 0 Å². The molecule has 152 valence electrons. The SMILES string of the molecule is COCCn1c(SCC(=O)NC(C)c2ccc(F)cc2)nnc1-c1ccncc1. The fourth-order valence-electron chi connectivity index (χ4n) is 2.74. The number of carbonyl (C=O) groups is 1. The van der Waals surface area contributed by atoms with E-state index in [1.807, 2.05) is 23.6 Å². The molecule has 1 N–H and O–H groups in total. The van der Waals surface area contributed by atoms with Crippen LogP contribution in [0.3, 0.4) is 0 Å². The third kappa shape index (κ3) is 5.61. The fraction of sp³-hybridized carbons (Fsp3) is 0.300. The number of halogens is 1. The Morgan fingerprint density at radius 3 is 2.62 bits per heavy atom. The summed E-state index contributed by atoms with van der Waals surface area (Å²) in [6.07, 6.45) is 3.39. The van der Waals surface area contributed by atoms with Crippen LogP contribution in [0.4, 0.5) is 4.39 Å². The zero-order valence-electron chi connectivity index (χ0n) is 16.2. The molecule has 0 bridgehead atoms. The van der Waals surface area contributed by atoms with Gasteiger partial charge >= 0.3 is 0 Å². The van der Waals surface area contributed by atoms with Crippen LogP contribution in [-0.2, 0) is 16.1 Å². The van der Waals surface area contributed by atoms with Crippen molar-refractivity contribution in [2.45, 2.75) is 24.7 Å². The first-order valence-electron chi connectivity index (χ1n) is 9.08. The Hall–Kier alpha value is -2.78. The Kier molecular flexibility index (Phi) is 7.31. The molecule has 0 aliphatic carbocycles. The van der Waals surface area contributed by atoms with Crippen LogP contribution < -0.4 is 5.32 Å². The predicted octanol–water partition coefficient (Wildman–Crippen LogP) is 3.10. The number of pyridine rings is 1. The molecular weight excluding hydrogens is 393 g/mol. The lowest BCUT2D eigenvalue weighted by molar-refractivity contribution is -0.119. The third-order valence-corrected chi connectivity index (χ3v) is 5.22. The van der Waals surface area contributed by atoms with E-state index in [0.29, 0.717) is 24.1 Å². The lowest BCUT2D eigenvalue weighted by atomic mass is 10.1. The van der Waals surface area contributed by atoms with Crippen molar-refractivity contribution in [2.75, 3.05) is 19.5 Å². The highest BCUT2D eigenvalue weighted by molar-refractivity contribution is 7.99. The molecule has 0 saturated heterocycles. The molecule has 2 aromatic heterocycles. The Morgan fingerprint density at radius 1 is 1.21 bits per heavy atom. The first kappa shape index (κ1) is 20.9. The summed E-state index contributed by atoms with van der Waals surface area (Å²) in [5, 5.41) is 12.1. The van der Waals surface area contributed by atoms with E-state index in [2.05, 4.69) is 20.5 Å². The number of carbonyl (C=O) groups excluding carboxylic acids is 1. The predicted molar refractivity (Wildman–Crippen MR) is 109 cm³/mol. The Balaban J connectivity index is 1.65. The normalized spacial score (nSPS) is 12.0. The Bertz CT molecular complexity index is 934. The average Bonchev–Trinajstić information content (AvgIpc) is 3.14. The van der Waals surface area contributed by atoms with Gasteiger partial charge in [0.15, 0.2) is 11.0 Å². The van der Waals surface area contributed by atoms with Crippen LogP contribution in [0, 0.1) is 5.82 Å². The quantitative estimate of drug-likeness (QED) is 0.541. The molecule has 0 aliphatic rings. The molecule has 2 heterocycles. The number of ether oxygens (including phenoxy) is 1. The second-order valence-electron chi connectivity index (χ2n) is 6.32. The number of benzene rings is 1. The monoisotopic (exact) mass is 415 g/mol. The van der Waals surface area contributed by atoms with Gasteiger partial charge in [0.2, 0.25) is 5.91 Å². The molecule has 0 saturated carbocycles. The maximum Gasteiger partial charge on any atom is 0.230 e. The number of nitrogens with one attached hydrogen (secondary N) is 1. The molecule has 3 aromatic rings. The maximum atomic E-state index is 13.1. The highest BCUT2D eigenvalue weighted by Crippen LogP contribution is 2.23. The smallest absolute Gasteiger partial charge is 0.230 e. The molecule has 0 fully saturated rings. The molecule has 0 aliphatic heterocycles. The van der Waals surface area contributed by atoms with Crippen LogP contribution in [-0.4, -0.2) is 45.1 Å². The van der Waals surface area contributed by atoms with Crippen LogP contribution in [0.2, 0.25) is 0 Å². The van der Waals surface area contributed by atoms with Crippen molar-refractivity contribution in [1.82, 2.24) is 25.1 Å². The van der Waals surface area contributed by atoms with Crippen molar-refractivity contribution in [3.8, 4) is 11.4 Å². The number of rotatable bonds is 9. The van der Waals surface area contributed by atoms with E-state index < -0.39 is 0 Å². The molecule has 1 atom stereocenters. The summed E-state index contributed by atoms with van der Waals surface area (Å²) in [5.74, 6) is 0.446.